The highest BCUT2D eigenvalue weighted by Gasteiger charge is 2.41. The molecule has 2 aromatic heterocycles. The van der Waals surface area contributed by atoms with E-state index in [4.69, 9.17) is 9.47 Å². The van der Waals surface area contributed by atoms with Crippen LogP contribution in [-0.4, -0.2) is 34.0 Å². The number of rotatable bonds is 0. The number of aromatic nitrogens is 3. The molecule has 3 heterocycles. The van der Waals surface area contributed by atoms with Gasteiger partial charge in [-0.15, -0.1) is 0 Å². The summed E-state index contributed by atoms with van der Waals surface area (Å²) in [6.07, 6.45) is 3.66. The van der Waals surface area contributed by atoms with Gasteiger partial charge in [0, 0.05) is 18.5 Å². The predicted octanol–water partition coefficient (Wildman–Crippen LogP) is 0.483. The fraction of sp³-hybridized carbons (Fsp3) is 0.500. The molecule has 2 aromatic rings. The van der Waals surface area contributed by atoms with E-state index in [1.165, 1.54) is 6.33 Å². The first-order chi connectivity index (χ1) is 8.77. The first kappa shape index (κ1) is 10.3. The molecule has 1 aliphatic heterocycles. The predicted molar refractivity (Wildman–Crippen MR) is 63.4 cm³/mol. The third-order valence-corrected chi connectivity index (χ3v) is 3.80. The Labute approximate surface area is 102 Å². The summed E-state index contributed by atoms with van der Waals surface area (Å²) in [4.78, 5) is 21.9. The molecule has 0 bridgehead atoms. The lowest BCUT2D eigenvalue weighted by Gasteiger charge is -2.31. The molecule has 1 fully saturated rings. The molecule has 94 valence electrons. The summed E-state index contributed by atoms with van der Waals surface area (Å²) in [5, 5.41) is 0.681. The maximum absolute atomic E-state index is 11.8. The van der Waals surface area contributed by atoms with Crippen molar-refractivity contribution in [1.29, 1.82) is 0 Å². The first-order valence-corrected chi connectivity index (χ1v) is 6.12. The van der Waals surface area contributed by atoms with E-state index in [1.54, 1.807) is 0 Å². The molecule has 0 radical (unpaired) electrons. The van der Waals surface area contributed by atoms with Gasteiger partial charge in [0.05, 0.1) is 24.9 Å². The van der Waals surface area contributed by atoms with Crippen molar-refractivity contribution in [1.82, 2.24) is 15.0 Å². The van der Waals surface area contributed by atoms with E-state index < -0.39 is 5.79 Å². The minimum atomic E-state index is -0.485. The van der Waals surface area contributed by atoms with Crippen molar-refractivity contribution >= 4 is 11.0 Å². The summed E-state index contributed by atoms with van der Waals surface area (Å²) in [6.45, 7) is 1.29. The van der Waals surface area contributed by atoms with Crippen molar-refractivity contribution in [3.05, 3.63) is 27.9 Å². The van der Waals surface area contributed by atoms with Crippen LogP contribution in [0.3, 0.4) is 0 Å². The molecule has 1 spiro atoms. The first-order valence-electron chi connectivity index (χ1n) is 6.12. The largest absolute Gasteiger partial charge is 0.347 e. The van der Waals surface area contributed by atoms with Crippen LogP contribution in [0, 0.1) is 0 Å². The average Bonchev–Trinajstić information content (AvgIpc) is 2.94. The quantitative estimate of drug-likeness (QED) is 0.709. The number of aromatic amines is 2. The number of hydrogen-bond acceptors (Lipinski definition) is 4. The Kier molecular flexibility index (Phi) is 1.96. The molecule has 2 N–H and O–H groups in total. The molecular weight excluding hydrogens is 234 g/mol. The molecule has 6 nitrogen and oxygen atoms in total. The molecule has 0 saturated carbocycles. The molecular formula is C12H13N3O3. The maximum Gasteiger partial charge on any atom is 0.260 e. The normalized spacial score (nSPS) is 21.6. The highest BCUT2D eigenvalue weighted by molar-refractivity contribution is 5.80. The van der Waals surface area contributed by atoms with E-state index in [0.717, 1.165) is 24.1 Å². The van der Waals surface area contributed by atoms with Gasteiger partial charge in [-0.05, 0) is 12.0 Å². The lowest BCUT2D eigenvalue weighted by atomic mass is 9.91. The van der Waals surface area contributed by atoms with Crippen LogP contribution < -0.4 is 5.56 Å². The van der Waals surface area contributed by atoms with E-state index in [1.807, 2.05) is 0 Å². The maximum atomic E-state index is 11.8. The molecule has 0 unspecified atom stereocenters. The Morgan fingerprint density at radius 1 is 1.33 bits per heavy atom. The van der Waals surface area contributed by atoms with Gasteiger partial charge in [0.2, 0.25) is 0 Å². The zero-order chi connectivity index (χ0) is 12.2. The lowest BCUT2D eigenvalue weighted by molar-refractivity contribution is -0.164. The highest BCUT2D eigenvalue weighted by Crippen LogP contribution is 2.36. The fourth-order valence-corrected chi connectivity index (χ4v) is 2.99. The molecule has 0 atom stereocenters. The van der Waals surface area contributed by atoms with Crippen LogP contribution in [0.4, 0.5) is 0 Å². The smallest absolute Gasteiger partial charge is 0.260 e. The Morgan fingerprint density at radius 2 is 2.17 bits per heavy atom. The van der Waals surface area contributed by atoms with Gasteiger partial charge >= 0.3 is 0 Å². The van der Waals surface area contributed by atoms with E-state index in [0.29, 0.717) is 30.7 Å². The molecule has 18 heavy (non-hydrogen) atoms. The molecule has 6 heteroatoms. The third-order valence-electron chi connectivity index (χ3n) is 3.80. The standard InChI is InChI=1S/C12H13N3O3/c16-11-9-7-1-2-12(17-3-4-18-12)5-8(7)15-10(9)13-6-14-11/h6H,1-5H2,(H2,13,14,15,16). The number of fused-ring (bicyclic) bond motifs is 3. The molecule has 4 rings (SSSR count). The monoisotopic (exact) mass is 247 g/mol. The summed E-state index contributed by atoms with van der Waals surface area (Å²) >= 11 is 0. The molecule has 1 aliphatic carbocycles. The van der Waals surface area contributed by atoms with Gasteiger partial charge < -0.3 is 19.4 Å². The Bertz CT molecular complexity index is 667. The molecule has 2 aliphatic rings. The highest BCUT2D eigenvalue weighted by atomic mass is 16.7. The van der Waals surface area contributed by atoms with Crippen LogP contribution in [-0.2, 0) is 22.3 Å². The minimum Gasteiger partial charge on any atom is -0.347 e. The van der Waals surface area contributed by atoms with Crippen LogP contribution in [0.15, 0.2) is 11.1 Å². The summed E-state index contributed by atoms with van der Waals surface area (Å²) in [5.74, 6) is -0.485. The third kappa shape index (κ3) is 1.30. The van der Waals surface area contributed by atoms with E-state index >= 15 is 0 Å². The van der Waals surface area contributed by atoms with Crippen molar-refractivity contribution in [2.45, 2.75) is 25.0 Å². The van der Waals surface area contributed by atoms with Gasteiger partial charge in [0.25, 0.3) is 5.56 Å². The van der Waals surface area contributed by atoms with Gasteiger partial charge in [0.1, 0.15) is 5.65 Å². The SMILES string of the molecule is O=c1[nH]cnc2[nH]c3c(c12)CCC1(C3)OCCO1. The van der Waals surface area contributed by atoms with Crippen molar-refractivity contribution in [3.8, 4) is 0 Å². The van der Waals surface area contributed by atoms with Gasteiger partial charge in [0.15, 0.2) is 5.79 Å². The Balaban J connectivity index is 1.88. The number of nitrogens with one attached hydrogen (secondary N) is 2. The zero-order valence-electron chi connectivity index (χ0n) is 9.78. The number of H-pyrrole nitrogens is 2. The number of nitrogens with zero attached hydrogens (tertiary/aromatic N) is 1. The van der Waals surface area contributed by atoms with E-state index in [-0.39, 0.29) is 5.56 Å². The fourth-order valence-electron chi connectivity index (χ4n) is 2.99. The topological polar surface area (TPSA) is 80.0 Å². The van der Waals surface area contributed by atoms with E-state index in [9.17, 15) is 4.79 Å². The summed E-state index contributed by atoms with van der Waals surface area (Å²) in [6, 6.07) is 0. The van der Waals surface area contributed by atoms with Crippen molar-refractivity contribution in [2.75, 3.05) is 13.2 Å². The second-order valence-electron chi connectivity index (χ2n) is 4.82. The van der Waals surface area contributed by atoms with Gasteiger partial charge in [-0.2, -0.15) is 0 Å². The van der Waals surface area contributed by atoms with Gasteiger partial charge in [-0.3, -0.25) is 4.79 Å². The van der Waals surface area contributed by atoms with Gasteiger partial charge in [-0.25, -0.2) is 4.98 Å². The van der Waals surface area contributed by atoms with Crippen molar-refractivity contribution in [3.63, 3.8) is 0 Å². The zero-order valence-corrected chi connectivity index (χ0v) is 9.78. The summed E-state index contributed by atoms with van der Waals surface area (Å²) in [5.41, 5.74) is 2.65. The van der Waals surface area contributed by atoms with Crippen LogP contribution >= 0.6 is 0 Å². The van der Waals surface area contributed by atoms with Crippen LogP contribution in [0.2, 0.25) is 0 Å². The number of aryl methyl sites for hydroxylation is 1. The lowest BCUT2D eigenvalue weighted by Crippen LogP contribution is -2.37. The van der Waals surface area contributed by atoms with E-state index in [2.05, 4.69) is 15.0 Å². The van der Waals surface area contributed by atoms with Crippen LogP contribution in [0.5, 0.6) is 0 Å². The summed E-state index contributed by atoms with van der Waals surface area (Å²) < 4.78 is 11.4. The average molecular weight is 247 g/mol. The molecule has 0 amide bonds. The van der Waals surface area contributed by atoms with Crippen LogP contribution in [0.25, 0.3) is 11.0 Å². The summed E-state index contributed by atoms with van der Waals surface area (Å²) in [7, 11) is 0. The minimum absolute atomic E-state index is 0.0818. The molecule has 0 aromatic carbocycles. The number of hydrogen-bond donors (Lipinski definition) is 2. The van der Waals surface area contributed by atoms with Gasteiger partial charge in [-0.1, -0.05) is 0 Å². The number of ether oxygens (including phenoxy) is 2. The van der Waals surface area contributed by atoms with Crippen molar-refractivity contribution < 1.29 is 9.47 Å². The van der Waals surface area contributed by atoms with Crippen LogP contribution in [0.1, 0.15) is 17.7 Å². The Hall–Kier alpha value is -1.66. The molecule has 1 saturated heterocycles. The second kappa shape index (κ2) is 3.43. The van der Waals surface area contributed by atoms with Crippen molar-refractivity contribution in [2.24, 2.45) is 0 Å². The Morgan fingerprint density at radius 3 is 3.00 bits per heavy atom. The second-order valence-corrected chi connectivity index (χ2v) is 4.82.